The number of methoxy groups -OCH3 is 1. The molecule has 1 fully saturated rings. The fourth-order valence-electron chi connectivity index (χ4n) is 2.24. The Labute approximate surface area is 111 Å². The molecular formula is C13H15ClN2O2. The van der Waals surface area contributed by atoms with Crippen molar-refractivity contribution in [2.45, 2.75) is 6.04 Å². The lowest BCUT2D eigenvalue weighted by Gasteiger charge is -2.41. The molecule has 1 aromatic carbocycles. The second kappa shape index (κ2) is 5.15. The van der Waals surface area contributed by atoms with Crippen molar-refractivity contribution < 1.29 is 9.47 Å². The van der Waals surface area contributed by atoms with Crippen LogP contribution in [0.5, 0.6) is 5.75 Å². The number of nitriles is 1. The lowest BCUT2D eigenvalue weighted by Crippen LogP contribution is -2.50. The number of rotatable bonds is 4. The molecule has 0 saturated carbocycles. The second-order valence-electron chi connectivity index (χ2n) is 4.38. The number of hydrogen-bond donors (Lipinski definition) is 1. The van der Waals surface area contributed by atoms with E-state index in [4.69, 9.17) is 21.1 Å². The Bertz CT molecular complexity index is 480. The summed E-state index contributed by atoms with van der Waals surface area (Å²) in [5.41, 5.74) is 0.459. The summed E-state index contributed by atoms with van der Waals surface area (Å²) >= 11 is 6.12. The highest BCUT2D eigenvalue weighted by Crippen LogP contribution is 2.41. The van der Waals surface area contributed by atoms with Crippen molar-refractivity contribution in [1.29, 1.82) is 5.26 Å². The molecule has 1 unspecified atom stereocenters. The van der Waals surface area contributed by atoms with Crippen LogP contribution in [0.4, 0.5) is 0 Å². The van der Waals surface area contributed by atoms with Crippen LogP contribution in [0.25, 0.3) is 0 Å². The number of nitrogens with zero attached hydrogens (tertiary/aromatic N) is 1. The molecule has 1 aromatic rings. The van der Waals surface area contributed by atoms with Gasteiger partial charge in [-0.3, -0.25) is 0 Å². The maximum absolute atomic E-state index is 9.34. The van der Waals surface area contributed by atoms with Gasteiger partial charge in [0.1, 0.15) is 11.2 Å². The van der Waals surface area contributed by atoms with Gasteiger partial charge in [0.2, 0.25) is 0 Å². The maximum atomic E-state index is 9.34. The summed E-state index contributed by atoms with van der Waals surface area (Å²) < 4.78 is 10.3. The van der Waals surface area contributed by atoms with Gasteiger partial charge in [-0.2, -0.15) is 5.26 Å². The molecule has 0 spiro atoms. The minimum absolute atomic E-state index is 0.0975. The van der Waals surface area contributed by atoms with Gasteiger partial charge in [0, 0.05) is 0 Å². The number of halogens is 1. The average molecular weight is 267 g/mol. The van der Waals surface area contributed by atoms with Gasteiger partial charge >= 0.3 is 0 Å². The first-order valence-electron chi connectivity index (χ1n) is 5.66. The van der Waals surface area contributed by atoms with E-state index < -0.39 is 5.41 Å². The number of hydrogen-bond acceptors (Lipinski definition) is 4. The molecule has 1 N–H and O–H groups in total. The Morgan fingerprint density at radius 2 is 2.28 bits per heavy atom. The molecule has 0 bridgehead atoms. The Balaban J connectivity index is 2.34. The molecule has 96 valence electrons. The number of benzene rings is 1. The van der Waals surface area contributed by atoms with Crippen LogP contribution in [-0.2, 0) is 4.74 Å². The van der Waals surface area contributed by atoms with E-state index in [2.05, 4.69) is 11.4 Å². The smallest absolute Gasteiger partial charge is 0.137 e. The SMILES string of the molecule is CNC(c1ccc(OC)c(Cl)c1)C1(C#N)COC1. The van der Waals surface area contributed by atoms with Crippen LogP contribution in [0.15, 0.2) is 18.2 Å². The summed E-state index contributed by atoms with van der Waals surface area (Å²) in [4.78, 5) is 0. The molecule has 2 rings (SSSR count). The molecule has 5 heteroatoms. The Hall–Kier alpha value is -1.28. The first-order valence-corrected chi connectivity index (χ1v) is 6.04. The van der Waals surface area contributed by atoms with Crippen molar-refractivity contribution in [2.75, 3.05) is 27.4 Å². The van der Waals surface area contributed by atoms with E-state index in [0.717, 1.165) is 5.56 Å². The Morgan fingerprint density at radius 1 is 1.56 bits per heavy atom. The normalized spacial score (nSPS) is 18.6. The van der Waals surface area contributed by atoms with E-state index in [9.17, 15) is 5.26 Å². The monoisotopic (exact) mass is 266 g/mol. The third-order valence-electron chi connectivity index (χ3n) is 3.29. The van der Waals surface area contributed by atoms with Gasteiger partial charge in [0.05, 0.1) is 37.5 Å². The topological polar surface area (TPSA) is 54.3 Å². The summed E-state index contributed by atoms with van der Waals surface area (Å²) in [6.07, 6.45) is 0. The van der Waals surface area contributed by atoms with Crippen LogP contribution in [-0.4, -0.2) is 27.4 Å². The minimum atomic E-state index is -0.507. The highest BCUT2D eigenvalue weighted by Gasteiger charge is 2.46. The zero-order chi connectivity index (χ0) is 13.2. The molecule has 1 saturated heterocycles. The van der Waals surface area contributed by atoms with Gasteiger partial charge in [0.15, 0.2) is 0 Å². The first kappa shape index (κ1) is 13.2. The predicted molar refractivity (Wildman–Crippen MR) is 68.7 cm³/mol. The van der Waals surface area contributed by atoms with Crippen molar-refractivity contribution in [2.24, 2.45) is 5.41 Å². The summed E-state index contributed by atoms with van der Waals surface area (Å²) in [5, 5.41) is 13.1. The zero-order valence-corrected chi connectivity index (χ0v) is 11.1. The molecule has 0 amide bonds. The number of ether oxygens (including phenoxy) is 2. The molecule has 1 aliphatic rings. The molecule has 1 atom stereocenters. The van der Waals surface area contributed by atoms with Gasteiger partial charge in [-0.05, 0) is 24.7 Å². The Morgan fingerprint density at radius 3 is 2.67 bits per heavy atom. The molecule has 0 aliphatic carbocycles. The van der Waals surface area contributed by atoms with Crippen LogP contribution in [0.3, 0.4) is 0 Å². The van der Waals surface area contributed by atoms with Gasteiger partial charge < -0.3 is 14.8 Å². The predicted octanol–water partition coefficient (Wildman–Crippen LogP) is 2.15. The second-order valence-corrected chi connectivity index (χ2v) is 4.78. The molecule has 0 aromatic heterocycles. The van der Waals surface area contributed by atoms with Crippen LogP contribution in [0, 0.1) is 16.7 Å². The van der Waals surface area contributed by atoms with Crippen LogP contribution in [0.2, 0.25) is 5.02 Å². The Kier molecular flexibility index (Phi) is 3.76. The van der Waals surface area contributed by atoms with Crippen molar-refractivity contribution in [1.82, 2.24) is 5.32 Å². The van der Waals surface area contributed by atoms with Crippen molar-refractivity contribution in [3.8, 4) is 11.8 Å². The minimum Gasteiger partial charge on any atom is -0.495 e. The molecule has 0 radical (unpaired) electrons. The summed E-state index contributed by atoms with van der Waals surface area (Å²) in [7, 11) is 3.41. The molecule has 18 heavy (non-hydrogen) atoms. The van der Waals surface area contributed by atoms with E-state index in [-0.39, 0.29) is 6.04 Å². The van der Waals surface area contributed by atoms with E-state index in [0.29, 0.717) is 24.0 Å². The lowest BCUT2D eigenvalue weighted by atomic mass is 9.76. The zero-order valence-electron chi connectivity index (χ0n) is 10.4. The van der Waals surface area contributed by atoms with E-state index >= 15 is 0 Å². The van der Waals surface area contributed by atoms with Crippen LogP contribution in [0.1, 0.15) is 11.6 Å². The summed E-state index contributed by atoms with van der Waals surface area (Å²) in [6, 6.07) is 7.82. The highest BCUT2D eigenvalue weighted by atomic mass is 35.5. The first-order chi connectivity index (χ1) is 8.66. The van der Waals surface area contributed by atoms with Gasteiger partial charge in [-0.25, -0.2) is 0 Å². The third-order valence-corrected chi connectivity index (χ3v) is 3.59. The fraction of sp³-hybridized carbons (Fsp3) is 0.462. The van der Waals surface area contributed by atoms with Gasteiger partial charge in [-0.1, -0.05) is 17.7 Å². The van der Waals surface area contributed by atoms with E-state index in [1.807, 2.05) is 25.2 Å². The van der Waals surface area contributed by atoms with Gasteiger partial charge in [-0.15, -0.1) is 0 Å². The maximum Gasteiger partial charge on any atom is 0.137 e. The molecular weight excluding hydrogens is 252 g/mol. The summed E-state index contributed by atoms with van der Waals surface area (Å²) in [5.74, 6) is 0.631. The van der Waals surface area contributed by atoms with Crippen molar-refractivity contribution in [3.63, 3.8) is 0 Å². The third kappa shape index (κ3) is 2.05. The average Bonchev–Trinajstić information content (AvgIpc) is 2.33. The largest absolute Gasteiger partial charge is 0.495 e. The van der Waals surface area contributed by atoms with Crippen LogP contribution >= 0.6 is 11.6 Å². The van der Waals surface area contributed by atoms with E-state index in [1.165, 1.54) is 0 Å². The fourth-order valence-corrected chi connectivity index (χ4v) is 2.51. The van der Waals surface area contributed by atoms with Crippen LogP contribution < -0.4 is 10.1 Å². The molecule has 1 heterocycles. The summed E-state index contributed by atoms with van der Waals surface area (Å²) in [6.45, 7) is 0.886. The highest BCUT2D eigenvalue weighted by molar-refractivity contribution is 6.32. The van der Waals surface area contributed by atoms with Crippen molar-refractivity contribution >= 4 is 11.6 Å². The van der Waals surface area contributed by atoms with Gasteiger partial charge in [0.25, 0.3) is 0 Å². The van der Waals surface area contributed by atoms with E-state index in [1.54, 1.807) is 7.11 Å². The quantitative estimate of drug-likeness (QED) is 0.907. The lowest BCUT2D eigenvalue weighted by molar-refractivity contribution is -0.0963. The number of nitrogens with one attached hydrogen (secondary N) is 1. The standard InChI is InChI=1S/C13H15ClN2O2/c1-16-12(13(6-15)7-18-8-13)9-3-4-11(17-2)10(14)5-9/h3-5,12,16H,7-8H2,1-2H3. The molecule has 1 aliphatic heterocycles. The van der Waals surface area contributed by atoms with Crippen molar-refractivity contribution in [3.05, 3.63) is 28.8 Å². The molecule has 4 nitrogen and oxygen atoms in total.